The van der Waals surface area contributed by atoms with E-state index < -0.39 is 21.9 Å². The Bertz CT molecular complexity index is 260. The van der Waals surface area contributed by atoms with Crippen LogP contribution in [-0.4, -0.2) is 23.0 Å². The van der Waals surface area contributed by atoms with Crippen LogP contribution in [0.25, 0.3) is 0 Å². The molecule has 6 heteroatoms. The van der Waals surface area contributed by atoms with E-state index in [0.29, 0.717) is 0 Å². The molecular weight excluding hydrogens is 217 g/mol. The molecule has 1 amide bonds. The lowest BCUT2D eigenvalue weighted by Gasteiger charge is -2.07. The highest BCUT2D eigenvalue weighted by Crippen LogP contribution is 2.14. The Hall–Kier alpha value is -0.740. The number of hydrogen-bond acceptors (Lipinski definition) is 2. The number of rotatable bonds is 3. The number of carboxylic acid groups (broad SMARTS) is 1. The summed E-state index contributed by atoms with van der Waals surface area (Å²) in [5, 5.41) is 9.59. The Morgan fingerprint density at radius 3 is 2.00 bits per heavy atom. The van der Waals surface area contributed by atoms with Crippen molar-refractivity contribution >= 4 is 35.1 Å². The SMILES string of the molecule is CC(C)NC(=O)/C(Cl)=C(/Cl)C(=O)O. The van der Waals surface area contributed by atoms with Crippen molar-refractivity contribution in [2.75, 3.05) is 0 Å². The van der Waals surface area contributed by atoms with Gasteiger partial charge in [-0.05, 0) is 13.8 Å². The molecule has 0 saturated heterocycles. The Labute approximate surface area is 85.5 Å². The predicted octanol–water partition coefficient (Wildman–Crippen LogP) is 1.28. The van der Waals surface area contributed by atoms with Gasteiger partial charge in [-0.25, -0.2) is 4.79 Å². The topological polar surface area (TPSA) is 66.4 Å². The molecule has 0 aliphatic heterocycles. The molecule has 0 radical (unpaired) electrons. The number of nitrogens with one attached hydrogen (secondary N) is 1. The van der Waals surface area contributed by atoms with E-state index >= 15 is 0 Å². The molecule has 0 unspecified atom stereocenters. The Morgan fingerprint density at radius 2 is 1.69 bits per heavy atom. The highest BCUT2D eigenvalue weighted by molar-refractivity contribution is 6.53. The molecule has 74 valence electrons. The van der Waals surface area contributed by atoms with Gasteiger partial charge in [-0.2, -0.15) is 0 Å². The smallest absolute Gasteiger partial charge is 0.349 e. The van der Waals surface area contributed by atoms with E-state index in [2.05, 4.69) is 5.32 Å². The normalized spacial score (nSPS) is 12.4. The zero-order valence-corrected chi connectivity index (χ0v) is 8.61. The molecule has 0 saturated carbocycles. The minimum atomic E-state index is -1.43. The van der Waals surface area contributed by atoms with Crippen molar-refractivity contribution in [1.82, 2.24) is 5.32 Å². The second-order valence-corrected chi connectivity index (χ2v) is 3.32. The quantitative estimate of drug-likeness (QED) is 0.712. The van der Waals surface area contributed by atoms with Crippen LogP contribution in [0.1, 0.15) is 13.8 Å². The maximum Gasteiger partial charge on any atom is 0.349 e. The first kappa shape index (κ1) is 12.3. The summed E-state index contributed by atoms with van der Waals surface area (Å²) in [6.45, 7) is 3.44. The zero-order chi connectivity index (χ0) is 10.6. The molecule has 0 atom stereocenters. The fraction of sp³-hybridized carbons (Fsp3) is 0.429. The number of halogens is 2. The van der Waals surface area contributed by atoms with Crippen LogP contribution >= 0.6 is 23.2 Å². The zero-order valence-electron chi connectivity index (χ0n) is 7.10. The third kappa shape index (κ3) is 4.15. The van der Waals surface area contributed by atoms with Crippen LogP contribution in [0, 0.1) is 0 Å². The van der Waals surface area contributed by atoms with E-state index in [1.165, 1.54) is 0 Å². The highest BCUT2D eigenvalue weighted by atomic mass is 35.5. The van der Waals surface area contributed by atoms with Gasteiger partial charge in [0, 0.05) is 6.04 Å². The molecule has 0 aromatic rings. The van der Waals surface area contributed by atoms with E-state index in [9.17, 15) is 9.59 Å². The molecule has 0 bridgehead atoms. The third-order valence-electron chi connectivity index (χ3n) is 1.000. The van der Waals surface area contributed by atoms with Crippen LogP contribution in [0.4, 0.5) is 0 Å². The summed E-state index contributed by atoms with van der Waals surface area (Å²) in [5.41, 5.74) is 0. The van der Waals surface area contributed by atoms with Crippen LogP contribution in [0.5, 0.6) is 0 Å². The summed E-state index contributed by atoms with van der Waals surface area (Å²) in [6.07, 6.45) is 0. The van der Waals surface area contributed by atoms with Gasteiger partial charge in [0.05, 0.1) is 0 Å². The third-order valence-corrected chi connectivity index (χ3v) is 1.81. The lowest BCUT2D eigenvalue weighted by atomic mass is 10.3. The van der Waals surface area contributed by atoms with Crippen LogP contribution in [0.15, 0.2) is 10.1 Å². The molecule has 0 aromatic heterocycles. The van der Waals surface area contributed by atoms with E-state index in [-0.39, 0.29) is 6.04 Å². The Balaban J connectivity index is 4.59. The molecule has 0 aromatic carbocycles. The number of carbonyl (C=O) groups excluding carboxylic acids is 1. The first-order valence-electron chi connectivity index (χ1n) is 3.45. The van der Waals surface area contributed by atoms with Gasteiger partial charge in [-0.3, -0.25) is 4.79 Å². The molecule has 0 aliphatic rings. The summed E-state index contributed by atoms with van der Waals surface area (Å²) in [7, 11) is 0. The summed E-state index contributed by atoms with van der Waals surface area (Å²) in [5.74, 6) is -2.12. The fourth-order valence-electron chi connectivity index (χ4n) is 0.519. The fourth-order valence-corrected chi connectivity index (χ4v) is 0.740. The molecule has 13 heavy (non-hydrogen) atoms. The maximum atomic E-state index is 11.1. The van der Waals surface area contributed by atoms with E-state index in [0.717, 1.165) is 0 Å². The molecule has 0 aliphatic carbocycles. The number of carboxylic acids is 1. The van der Waals surface area contributed by atoms with Gasteiger partial charge in [0.1, 0.15) is 10.1 Å². The Kier molecular flexibility index (Phi) is 4.80. The standard InChI is InChI=1S/C7H9Cl2NO3/c1-3(2)10-6(11)4(8)5(9)7(12)13/h3H,1-2H3,(H,10,11)(H,12,13)/b5-4-. The largest absolute Gasteiger partial charge is 0.477 e. The van der Waals surface area contributed by atoms with Crippen molar-refractivity contribution in [2.45, 2.75) is 19.9 Å². The lowest BCUT2D eigenvalue weighted by Crippen LogP contribution is -2.30. The van der Waals surface area contributed by atoms with Crippen LogP contribution in [0.2, 0.25) is 0 Å². The van der Waals surface area contributed by atoms with Gasteiger partial charge < -0.3 is 10.4 Å². The molecular formula is C7H9Cl2NO3. The number of amides is 1. The average Bonchev–Trinajstić information content (AvgIpc) is 2.00. The van der Waals surface area contributed by atoms with Gasteiger partial charge in [-0.1, -0.05) is 23.2 Å². The molecule has 0 spiro atoms. The van der Waals surface area contributed by atoms with E-state index in [1.54, 1.807) is 13.8 Å². The van der Waals surface area contributed by atoms with Gasteiger partial charge in [0.2, 0.25) is 0 Å². The van der Waals surface area contributed by atoms with E-state index in [4.69, 9.17) is 28.3 Å². The molecule has 0 fully saturated rings. The summed E-state index contributed by atoms with van der Waals surface area (Å²) >= 11 is 10.6. The van der Waals surface area contributed by atoms with Gasteiger partial charge in [0.25, 0.3) is 5.91 Å². The van der Waals surface area contributed by atoms with Gasteiger partial charge in [-0.15, -0.1) is 0 Å². The summed E-state index contributed by atoms with van der Waals surface area (Å²) < 4.78 is 0. The second kappa shape index (κ2) is 5.09. The summed E-state index contributed by atoms with van der Waals surface area (Å²) in [4.78, 5) is 21.3. The van der Waals surface area contributed by atoms with Crippen LogP contribution < -0.4 is 5.32 Å². The number of aliphatic carboxylic acids is 1. The van der Waals surface area contributed by atoms with E-state index in [1.807, 2.05) is 0 Å². The van der Waals surface area contributed by atoms with Crippen LogP contribution in [0.3, 0.4) is 0 Å². The van der Waals surface area contributed by atoms with Crippen molar-refractivity contribution in [3.05, 3.63) is 10.1 Å². The average molecular weight is 226 g/mol. The monoisotopic (exact) mass is 225 g/mol. The minimum absolute atomic E-state index is 0.125. The van der Waals surface area contributed by atoms with Crippen molar-refractivity contribution in [1.29, 1.82) is 0 Å². The van der Waals surface area contributed by atoms with Crippen molar-refractivity contribution < 1.29 is 14.7 Å². The molecule has 4 nitrogen and oxygen atoms in total. The Morgan fingerprint density at radius 1 is 1.23 bits per heavy atom. The molecule has 0 heterocycles. The number of carbonyl (C=O) groups is 2. The molecule has 0 rings (SSSR count). The minimum Gasteiger partial charge on any atom is -0.477 e. The lowest BCUT2D eigenvalue weighted by molar-refractivity contribution is -0.132. The van der Waals surface area contributed by atoms with Gasteiger partial charge >= 0.3 is 5.97 Å². The maximum absolute atomic E-state index is 11.1. The molecule has 2 N–H and O–H groups in total. The highest BCUT2D eigenvalue weighted by Gasteiger charge is 2.17. The second-order valence-electron chi connectivity index (χ2n) is 2.56. The van der Waals surface area contributed by atoms with Gasteiger partial charge in [0.15, 0.2) is 0 Å². The van der Waals surface area contributed by atoms with Crippen molar-refractivity contribution in [3.8, 4) is 0 Å². The first-order valence-corrected chi connectivity index (χ1v) is 4.21. The predicted molar refractivity (Wildman–Crippen MR) is 49.6 cm³/mol. The van der Waals surface area contributed by atoms with Crippen molar-refractivity contribution in [3.63, 3.8) is 0 Å². The van der Waals surface area contributed by atoms with Crippen LogP contribution in [-0.2, 0) is 9.59 Å². The summed E-state index contributed by atoms with van der Waals surface area (Å²) in [6, 6.07) is -0.125. The number of hydrogen-bond donors (Lipinski definition) is 2. The van der Waals surface area contributed by atoms with Crippen molar-refractivity contribution in [2.24, 2.45) is 0 Å². The first-order chi connectivity index (χ1) is 5.86.